The van der Waals surface area contributed by atoms with Gasteiger partial charge in [0.2, 0.25) is 11.8 Å². The van der Waals surface area contributed by atoms with Gasteiger partial charge in [0.15, 0.2) is 0 Å². The molecule has 1 heterocycles. The molecule has 0 unspecified atom stereocenters. The summed E-state index contributed by atoms with van der Waals surface area (Å²) in [6.45, 7) is 0.851. The maximum atomic E-state index is 12.5. The molecule has 6 nitrogen and oxygen atoms in total. The molecule has 4 aliphatic carbocycles. The maximum Gasteiger partial charge on any atom is 0.308 e. The Morgan fingerprint density at radius 1 is 1.04 bits per heavy atom. The molecule has 1 aliphatic heterocycles. The lowest BCUT2D eigenvalue weighted by atomic mass is 9.49. The number of hydrogen-bond acceptors (Lipinski definition) is 3. The van der Waals surface area contributed by atoms with Gasteiger partial charge in [-0.15, -0.1) is 0 Å². The van der Waals surface area contributed by atoms with Crippen molar-refractivity contribution in [3.05, 3.63) is 0 Å². The second kappa shape index (κ2) is 6.86. The van der Waals surface area contributed by atoms with E-state index in [0.29, 0.717) is 25.8 Å². The van der Waals surface area contributed by atoms with Gasteiger partial charge >= 0.3 is 5.97 Å². The number of carboxylic acid groups (broad SMARTS) is 1. The number of hydrogen-bond donors (Lipinski definition) is 2. The van der Waals surface area contributed by atoms with Crippen molar-refractivity contribution < 1.29 is 19.5 Å². The van der Waals surface area contributed by atoms with E-state index in [2.05, 4.69) is 5.32 Å². The van der Waals surface area contributed by atoms with E-state index in [0.717, 1.165) is 17.8 Å². The lowest BCUT2D eigenvalue weighted by molar-refractivity contribution is -0.146. The number of amides is 2. The summed E-state index contributed by atoms with van der Waals surface area (Å²) >= 11 is 0. The highest BCUT2D eigenvalue weighted by Crippen LogP contribution is 2.61. The lowest BCUT2D eigenvalue weighted by Crippen LogP contribution is -2.49. The van der Waals surface area contributed by atoms with E-state index in [4.69, 9.17) is 5.11 Å². The third-order valence-corrected chi connectivity index (χ3v) is 7.26. The Bertz CT molecular complexity index is 567. The molecule has 2 amide bonds. The van der Waals surface area contributed by atoms with Crippen molar-refractivity contribution in [1.82, 2.24) is 10.2 Å². The summed E-state index contributed by atoms with van der Waals surface area (Å²) in [5.41, 5.74) is 0.182. The molecule has 6 heteroatoms. The molecule has 26 heavy (non-hydrogen) atoms. The zero-order valence-corrected chi connectivity index (χ0v) is 15.4. The van der Waals surface area contributed by atoms with Crippen LogP contribution in [0.5, 0.6) is 0 Å². The second-order valence-corrected chi connectivity index (χ2v) is 9.39. The van der Waals surface area contributed by atoms with E-state index in [1.807, 2.05) is 0 Å². The van der Waals surface area contributed by atoms with Crippen LogP contribution in [-0.4, -0.2) is 47.4 Å². The molecular weight excluding hydrogens is 332 g/mol. The summed E-state index contributed by atoms with van der Waals surface area (Å²) < 4.78 is 0. The fraction of sp³-hybridized carbons (Fsp3) is 0.850. The van der Waals surface area contributed by atoms with E-state index in [1.165, 1.54) is 38.5 Å². The van der Waals surface area contributed by atoms with Crippen LogP contribution in [0.15, 0.2) is 0 Å². The minimum absolute atomic E-state index is 0.00244. The number of rotatable bonds is 5. The van der Waals surface area contributed by atoms with Crippen LogP contribution in [0.3, 0.4) is 0 Å². The first-order valence-electron chi connectivity index (χ1n) is 10.2. The number of nitrogens with zero attached hydrogens (tertiary/aromatic N) is 1. The van der Waals surface area contributed by atoms with E-state index < -0.39 is 11.9 Å². The van der Waals surface area contributed by atoms with Crippen molar-refractivity contribution in [3.63, 3.8) is 0 Å². The molecule has 0 spiro atoms. The van der Waals surface area contributed by atoms with Crippen LogP contribution in [0.1, 0.15) is 57.8 Å². The first-order valence-corrected chi connectivity index (χ1v) is 10.2. The Hall–Kier alpha value is -1.59. The number of carbonyl (C=O) groups excluding carboxylic acids is 2. The summed E-state index contributed by atoms with van der Waals surface area (Å²) in [6, 6.07) is 0. The summed E-state index contributed by atoms with van der Waals surface area (Å²) in [5.74, 6) is 0.969. The Balaban J connectivity index is 1.26. The standard InChI is InChI=1S/C20H30N2O4/c23-17(10-20-7-13-4-14(8-20)6-15(5-13)9-20)21-11-18(24)22-3-1-2-16(12-22)19(25)26/h13-16H,1-12H2,(H,21,23)(H,25,26)/t13?,14?,15?,16-,20?/m1/s1. The zero-order valence-electron chi connectivity index (χ0n) is 15.4. The van der Waals surface area contributed by atoms with Crippen molar-refractivity contribution in [1.29, 1.82) is 0 Å². The Kier molecular flexibility index (Phi) is 4.70. The summed E-state index contributed by atoms with van der Waals surface area (Å²) in [5, 5.41) is 12.0. The van der Waals surface area contributed by atoms with Gasteiger partial charge in [-0.05, 0) is 74.5 Å². The molecule has 0 aromatic heterocycles. The van der Waals surface area contributed by atoms with Crippen LogP contribution < -0.4 is 5.32 Å². The highest BCUT2D eigenvalue weighted by atomic mass is 16.4. The Labute approximate surface area is 154 Å². The minimum Gasteiger partial charge on any atom is -0.481 e. The maximum absolute atomic E-state index is 12.5. The highest BCUT2D eigenvalue weighted by Gasteiger charge is 2.51. The average Bonchev–Trinajstić information content (AvgIpc) is 2.58. The highest BCUT2D eigenvalue weighted by molar-refractivity contribution is 5.85. The van der Waals surface area contributed by atoms with E-state index >= 15 is 0 Å². The van der Waals surface area contributed by atoms with Crippen molar-refractivity contribution in [2.45, 2.75) is 57.8 Å². The third kappa shape index (κ3) is 3.60. The molecule has 1 saturated heterocycles. The molecule has 0 radical (unpaired) electrons. The van der Waals surface area contributed by atoms with E-state index in [9.17, 15) is 14.4 Å². The summed E-state index contributed by atoms with van der Waals surface area (Å²) in [4.78, 5) is 37.6. The summed E-state index contributed by atoms with van der Waals surface area (Å²) in [6.07, 6.45) is 9.53. The molecule has 5 aliphatic rings. The fourth-order valence-corrected chi connectivity index (χ4v) is 6.60. The third-order valence-electron chi connectivity index (χ3n) is 7.26. The van der Waals surface area contributed by atoms with Crippen molar-refractivity contribution in [2.75, 3.05) is 19.6 Å². The van der Waals surface area contributed by atoms with Crippen molar-refractivity contribution in [3.8, 4) is 0 Å². The predicted molar refractivity (Wildman–Crippen MR) is 95.2 cm³/mol. The first kappa shape index (κ1) is 17.8. The zero-order chi connectivity index (χ0) is 18.3. The number of piperidine rings is 1. The number of carbonyl (C=O) groups is 3. The van der Waals surface area contributed by atoms with Gasteiger partial charge in [-0.25, -0.2) is 0 Å². The molecule has 144 valence electrons. The van der Waals surface area contributed by atoms with Gasteiger partial charge in [0.05, 0.1) is 12.5 Å². The van der Waals surface area contributed by atoms with Crippen LogP contribution in [0.2, 0.25) is 0 Å². The Morgan fingerprint density at radius 2 is 1.65 bits per heavy atom. The molecule has 0 aromatic carbocycles. The van der Waals surface area contributed by atoms with Gasteiger partial charge in [0.25, 0.3) is 0 Å². The monoisotopic (exact) mass is 362 g/mol. The number of aliphatic carboxylic acids is 1. The van der Waals surface area contributed by atoms with Crippen LogP contribution in [0.4, 0.5) is 0 Å². The molecule has 2 N–H and O–H groups in total. The molecule has 5 fully saturated rings. The summed E-state index contributed by atoms with van der Waals surface area (Å²) in [7, 11) is 0. The normalized spacial score (nSPS) is 38.2. The minimum atomic E-state index is -0.839. The fourth-order valence-electron chi connectivity index (χ4n) is 6.60. The van der Waals surface area contributed by atoms with E-state index in [1.54, 1.807) is 4.90 Å². The molecule has 0 aromatic rings. The van der Waals surface area contributed by atoms with E-state index in [-0.39, 0.29) is 30.3 Å². The molecular formula is C20H30N2O4. The van der Waals surface area contributed by atoms with Crippen molar-refractivity contribution >= 4 is 17.8 Å². The molecule has 5 rings (SSSR count). The van der Waals surface area contributed by atoms with Crippen LogP contribution >= 0.6 is 0 Å². The molecule has 4 saturated carbocycles. The smallest absolute Gasteiger partial charge is 0.308 e. The van der Waals surface area contributed by atoms with Gasteiger partial charge in [-0.3, -0.25) is 14.4 Å². The van der Waals surface area contributed by atoms with Gasteiger partial charge < -0.3 is 15.3 Å². The average molecular weight is 362 g/mol. The number of nitrogens with one attached hydrogen (secondary N) is 1. The predicted octanol–water partition coefficient (Wildman–Crippen LogP) is 2.03. The quantitative estimate of drug-likeness (QED) is 0.783. The SMILES string of the molecule is O=C(CC12CC3CC(CC(C3)C1)C2)NCC(=O)N1CCC[C@@H](C(=O)O)C1. The topological polar surface area (TPSA) is 86.7 Å². The second-order valence-electron chi connectivity index (χ2n) is 9.39. The lowest BCUT2D eigenvalue weighted by Gasteiger charge is -2.56. The first-order chi connectivity index (χ1) is 12.4. The van der Waals surface area contributed by atoms with Crippen molar-refractivity contribution in [2.24, 2.45) is 29.1 Å². The van der Waals surface area contributed by atoms with Crippen LogP contribution in [0, 0.1) is 29.1 Å². The molecule has 1 atom stereocenters. The van der Waals surface area contributed by atoms with Gasteiger partial charge in [0, 0.05) is 19.5 Å². The van der Waals surface area contributed by atoms with Gasteiger partial charge in [-0.2, -0.15) is 0 Å². The van der Waals surface area contributed by atoms with Crippen LogP contribution in [0.25, 0.3) is 0 Å². The Morgan fingerprint density at radius 3 is 2.23 bits per heavy atom. The number of likely N-dealkylation sites (tertiary alicyclic amines) is 1. The van der Waals surface area contributed by atoms with Gasteiger partial charge in [-0.1, -0.05) is 0 Å². The number of carboxylic acids is 1. The van der Waals surface area contributed by atoms with Crippen LogP contribution in [-0.2, 0) is 14.4 Å². The van der Waals surface area contributed by atoms with Gasteiger partial charge in [0.1, 0.15) is 0 Å². The molecule has 4 bridgehead atoms. The largest absolute Gasteiger partial charge is 0.481 e.